The fourth-order valence-corrected chi connectivity index (χ4v) is 1.93. The average Bonchev–Trinajstić information content (AvgIpc) is 2.29. The van der Waals surface area contributed by atoms with Crippen LogP contribution in [0.3, 0.4) is 0 Å². The molecule has 1 aromatic rings. The Kier molecular flexibility index (Phi) is 5.57. The molecule has 0 fully saturated rings. The first-order valence-corrected chi connectivity index (χ1v) is 6.22. The number of hydrogen-bond acceptors (Lipinski definition) is 3. The fourth-order valence-electron chi connectivity index (χ4n) is 1.15. The summed E-state index contributed by atoms with van der Waals surface area (Å²) in [6.45, 7) is 0.771. The molecular formula is C10H12ClNO4S. The van der Waals surface area contributed by atoms with Gasteiger partial charge in [0.2, 0.25) is 0 Å². The van der Waals surface area contributed by atoms with E-state index >= 15 is 0 Å². The minimum atomic E-state index is -2.21. The molecule has 0 heterocycles. The summed E-state index contributed by atoms with van der Waals surface area (Å²) in [5.74, 6) is -0.342. The van der Waals surface area contributed by atoms with E-state index in [-0.39, 0.29) is 21.4 Å². The minimum Gasteiger partial charge on any atom is -0.383 e. The molecule has 1 unspecified atom stereocenters. The number of methoxy groups -OCH3 is 1. The average molecular weight is 278 g/mol. The third-order valence-corrected chi connectivity index (χ3v) is 3.13. The normalized spacial score (nSPS) is 12.2. The van der Waals surface area contributed by atoms with Gasteiger partial charge in [0.1, 0.15) is 0 Å². The van der Waals surface area contributed by atoms with Gasteiger partial charge in [0, 0.05) is 19.2 Å². The summed E-state index contributed by atoms with van der Waals surface area (Å²) in [7, 11) is 1.53. The lowest BCUT2D eigenvalue weighted by molar-refractivity contribution is 0.0937. The number of ether oxygens (including phenoxy) is 1. The molecule has 2 N–H and O–H groups in total. The Balaban J connectivity index is 2.81. The van der Waals surface area contributed by atoms with Gasteiger partial charge in [-0.1, -0.05) is 11.6 Å². The van der Waals surface area contributed by atoms with Crippen molar-refractivity contribution < 1.29 is 18.3 Å². The summed E-state index contributed by atoms with van der Waals surface area (Å²) >= 11 is 3.51. The molecule has 5 nitrogen and oxygen atoms in total. The summed E-state index contributed by atoms with van der Waals surface area (Å²) in [4.78, 5) is 11.6. The molecule has 0 aliphatic heterocycles. The summed E-state index contributed by atoms with van der Waals surface area (Å²) in [5, 5.41) is 2.75. The van der Waals surface area contributed by atoms with E-state index in [4.69, 9.17) is 20.9 Å². The van der Waals surface area contributed by atoms with Crippen LogP contribution in [-0.4, -0.2) is 34.9 Å². The van der Waals surface area contributed by atoms with Crippen LogP contribution < -0.4 is 5.32 Å². The molecule has 94 valence electrons. The van der Waals surface area contributed by atoms with Gasteiger partial charge in [-0.25, -0.2) is 4.21 Å². The third-order valence-electron chi connectivity index (χ3n) is 1.97. The molecule has 1 amide bonds. The molecule has 7 heteroatoms. The summed E-state index contributed by atoms with van der Waals surface area (Å²) in [5.41, 5.74) is 0.280. The quantitative estimate of drug-likeness (QED) is 0.628. The molecule has 0 aromatic heterocycles. The van der Waals surface area contributed by atoms with Crippen molar-refractivity contribution in [2.45, 2.75) is 4.90 Å². The van der Waals surface area contributed by atoms with E-state index in [0.29, 0.717) is 13.2 Å². The standard InChI is InChI=1S/C10H12ClNO4S/c1-16-5-4-12-10(13)7-2-3-8(11)9(6-7)17(14)15/h2-3,6H,4-5H2,1H3,(H,12,13)(H,14,15). The number of rotatable bonds is 5. The minimum absolute atomic E-state index is 0.0195. The van der Waals surface area contributed by atoms with Gasteiger partial charge < -0.3 is 14.6 Å². The van der Waals surface area contributed by atoms with Crippen molar-refractivity contribution in [3.05, 3.63) is 28.8 Å². The summed E-state index contributed by atoms with van der Waals surface area (Å²) in [6, 6.07) is 4.19. The Morgan fingerprint density at radius 2 is 2.29 bits per heavy atom. The smallest absolute Gasteiger partial charge is 0.251 e. The highest BCUT2D eigenvalue weighted by molar-refractivity contribution is 7.79. The monoisotopic (exact) mass is 277 g/mol. The molecule has 0 radical (unpaired) electrons. The van der Waals surface area contributed by atoms with Crippen molar-refractivity contribution in [1.82, 2.24) is 5.32 Å². The molecule has 0 spiro atoms. The fraction of sp³-hybridized carbons (Fsp3) is 0.300. The van der Waals surface area contributed by atoms with Crippen LogP contribution in [0.1, 0.15) is 10.4 Å². The Morgan fingerprint density at radius 1 is 1.59 bits per heavy atom. The number of carbonyl (C=O) groups excluding carboxylic acids is 1. The van der Waals surface area contributed by atoms with Crippen LogP contribution in [-0.2, 0) is 15.8 Å². The number of benzene rings is 1. The van der Waals surface area contributed by atoms with Gasteiger partial charge in [0.05, 0.1) is 16.5 Å². The number of nitrogens with one attached hydrogen (secondary N) is 1. The van der Waals surface area contributed by atoms with Crippen LogP contribution in [0.4, 0.5) is 0 Å². The third kappa shape index (κ3) is 4.08. The molecule has 1 atom stereocenters. The molecule has 0 aliphatic rings. The van der Waals surface area contributed by atoms with E-state index in [0.717, 1.165) is 0 Å². The maximum Gasteiger partial charge on any atom is 0.251 e. The van der Waals surface area contributed by atoms with Gasteiger partial charge in [0.25, 0.3) is 5.91 Å². The van der Waals surface area contributed by atoms with Crippen LogP contribution in [0.15, 0.2) is 23.1 Å². The van der Waals surface area contributed by atoms with E-state index in [2.05, 4.69) is 5.32 Å². The number of halogens is 1. The first-order valence-electron chi connectivity index (χ1n) is 4.73. The zero-order valence-electron chi connectivity index (χ0n) is 9.10. The topological polar surface area (TPSA) is 75.6 Å². The predicted octanol–water partition coefficient (Wildman–Crippen LogP) is 1.30. The lowest BCUT2D eigenvalue weighted by Gasteiger charge is -2.06. The van der Waals surface area contributed by atoms with Crippen LogP contribution in [0.2, 0.25) is 5.02 Å². The van der Waals surface area contributed by atoms with Gasteiger partial charge in [-0.2, -0.15) is 0 Å². The van der Waals surface area contributed by atoms with Gasteiger partial charge in [-0.05, 0) is 18.2 Å². The van der Waals surface area contributed by atoms with Crippen LogP contribution in [0.25, 0.3) is 0 Å². The maximum atomic E-state index is 11.6. The van der Waals surface area contributed by atoms with Crippen molar-refractivity contribution in [3.63, 3.8) is 0 Å². The van der Waals surface area contributed by atoms with E-state index in [1.54, 1.807) is 0 Å². The predicted molar refractivity (Wildman–Crippen MR) is 64.7 cm³/mol. The molecule has 1 aromatic carbocycles. The van der Waals surface area contributed by atoms with E-state index in [9.17, 15) is 9.00 Å². The number of hydrogen-bond donors (Lipinski definition) is 2. The Bertz CT molecular complexity index is 438. The Morgan fingerprint density at radius 3 is 2.88 bits per heavy atom. The van der Waals surface area contributed by atoms with Crippen molar-refractivity contribution in [2.24, 2.45) is 0 Å². The SMILES string of the molecule is COCCNC(=O)c1ccc(Cl)c(S(=O)O)c1. The van der Waals surface area contributed by atoms with Gasteiger partial charge >= 0.3 is 0 Å². The molecule has 0 saturated heterocycles. The molecule has 0 bridgehead atoms. The second-order valence-electron chi connectivity index (χ2n) is 3.14. The first-order chi connectivity index (χ1) is 8.06. The van der Waals surface area contributed by atoms with E-state index in [1.807, 2.05) is 0 Å². The van der Waals surface area contributed by atoms with Crippen LogP contribution in [0.5, 0.6) is 0 Å². The molecule has 17 heavy (non-hydrogen) atoms. The second-order valence-corrected chi connectivity index (χ2v) is 4.49. The van der Waals surface area contributed by atoms with E-state index < -0.39 is 11.1 Å². The largest absolute Gasteiger partial charge is 0.383 e. The van der Waals surface area contributed by atoms with Crippen molar-refractivity contribution in [3.8, 4) is 0 Å². The molecular weight excluding hydrogens is 266 g/mol. The Labute approximate surface area is 106 Å². The van der Waals surface area contributed by atoms with Gasteiger partial charge in [0.15, 0.2) is 11.1 Å². The lowest BCUT2D eigenvalue weighted by Crippen LogP contribution is -2.27. The maximum absolute atomic E-state index is 11.6. The zero-order valence-corrected chi connectivity index (χ0v) is 10.7. The highest BCUT2D eigenvalue weighted by atomic mass is 35.5. The highest BCUT2D eigenvalue weighted by Gasteiger charge is 2.11. The summed E-state index contributed by atoms with van der Waals surface area (Å²) < 4.78 is 24.7. The number of amides is 1. The van der Waals surface area contributed by atoms with Gasteiger partial charge in [-0.15, -0.1) is 0 Å². The molecule has 0 saturated carbocycles. The first kappa shape index (κ1) is 14.1. The summed E-state index contributed by atoms with van der Waals surface area (Å²) in [6.07, 6.45) is 0. The number of carbonyl (C=O) groups is 1. The second kappa shape index (κ2) is 6.70. The highest BCUT2D eigenvalue weighted by Crippen LogP contribution is 2.20. The van der Waals surface area contributed by atoms with Gasteiger partial charge in [-0.3, -0.25) is 4.79 Å². The van der Waals surface area contributed by atoms with E-state index in [1.165, 1.54) is 25.3 Å². The lowest BCUT2D eigenvalue weighted by atomic mass is 10.2. The zero-order chi connectivity index (χ0) is 12.8. The molecule has 1 rings (SSSR count). The molecule has 0 aliphatic carbocycles. The van der Waals surface area contributed by atoms with Crippen molar-refractivity contribution in [1.29, 1.82) is 0 Å². The van der Waals surface area contributed by atoms with Crippen LogP contribution in [0, 0.1) is 0 Å². The van der Waals surface area contributed by atoms with Crippen LogP contribution >= 0.6 is 11.6 Å². The Hall–Kier alpha value is -0.950. The van der Waals surface area contributed by atoms with Crippen molar-refractivity contribution in [2.75, 3.05) is 20.3 Å². The van der Waals surface area contributed by atoms with Crippen molar-refractivity contribution >= 4 is 28.6 Å².